The van der Waals surface area contributed by atoms with Crippen LogP contribution in [0.5, 0.6) is 0 Å². The predicted octanol–water partition coefficient (Wildman–Crippen LogP) is 4.32. The summed E-state index contributed by atoms with van der Waals surface area (Å²) in [5.74, 6) is -0.355. The van der Waals surface area contributed by atoms with Gasteiger partial charge in [-0.05, 0) is 25.1 Å². The van der Waals surface area contributed by atoms with Gasteiger partial charge in [0.25, 0.3) is 6.43 Å². The SMILES string of the molecule is C[C@H]1CNCCN1c1nc(=O)n2c3c(c(-c4ccc(F)cc4F)c(Cl)cc13)SC[C@@H]2CN1CCN(CC(F)F)CC1. The van der Waals surface area contributed by atoms with E-state index in [9.17, 15) is 18.0 Å². The van der Waals surface area contributed by atoms with Crippen LogP contribution in [-0.4, -0.2) is 96.5 Å². The lowest BCUT2D eigenvalue weighted by Crippen LogP contribution is -2.51. The number of piperazine rings is 2. The molecule has 0 bridgehead atoms. The maximum absolute atomic E-state index is 15.1. The molecule has 2 saturated heterocycles. The number of aromatic nitrogens is 2. The summed E-state index contributed by atoms with van der Waals surface area (Å²) in [6, 6.07) is 5.00. The zero-order chi connectivity index (χ0) is 28.8. The van der Waals surface area contributed by atoms with Gasteiger partial charge in [-0.2, -0.15) is 4.98 Å². The Morgan fingerprint density at radius 2 is 1.88 bits per heavy atom. The van der Waals surface area contributed by atoms with Gasteiger partial charge in [-0.25, -0.2) is 22.4 Å². The van der Waals surface area contributed by atoms with E-state index in [2.05, 4.69) is 27.0 Å². The molecular weight excluding hydrogens is 580 g/mol. The first-order chi connectivity index (χ1) is 19.7. The Morgan fingerprint density at radius 1 is 1.12 bits per heavy atom. The molecule has 1 N–H and O–H groups in total. The fourth-order valence-electron chi connectivity index (χ4n) is 6.16. The van der Waals surface area contributed by atoms with E-state index in [4.69, 9.17) is 11.6 Å². The lowest BCUT2D eigenvalue weighted by Gasteiger charge is -2.39. The van der Waals surface area contributed by atoms with E-state index in [1.54, 1.807) is 15.5 Å². The summed E-state index contributed by atoms with van der Waals surface area (Å²) in [7, 11) is 0. The molecule has 0 spiro atoms. The van der Waals surface area contributed by atoms with Gasteiger partial charge in [0.15, 0.2) is 0 Å². The lowest BCUT2D eigenvalue weighted by atomic mass is 10.0. The molecule has 3 aromatic rings. The van der Waals surface area contributed by atoms with Crippen LogP contribution in [0.2, 0.25) is 5.02 Å². The summed E-state index contributed by atoms with van der Waals surface area (Å²) >= 11 is 8.35. The molecule has 220 valence electrons. The number of nitrogens with one attached hydrogen (secondary N) is 1. The summed E-state index contributed by atoms with van der Waals surface area (Å²) in [4.78, 5) is 25.1. The fourth-order valence-corrected chi connectivity index (χ4v) is 7.84. The number of anilines is 1. The third-order valence-corrected chi connectivity index (χ3v) is 9.72. The topological polar surface area (TPSA) is 56.6 Å². The number of hydrogen-bond donors (Lipinski definition) is 1. The van der Waals surface area contributed by atoms with Crippen molar-refractivity contribution in [3.63, 3.8) is 0 Å². The number of alkyl halides is 2. The van der Waals surface area contributed by atoms with Crippen molar-refractivity contribution in [3.05, 3.63) is 51.4 Å². The molecule has 4 heterocycles. The monoisotopic (exact) mass is 610 g/mol. The van der Waals surface area contributed by atoms with Gasteiger partial charge in [-0.1, -0.05) is 11.6 Å². The third-order valence-electron chi connectivity index (χ3n) is 8.19. The highest BCUT2D eigenvalue weighted by molar-refractivity contribution is 7.99. The van der Waals surface area contributed by atoms with E-state index in [1.807, 2.05) is 0 Å². The molecule has 2 aromatic carbocycles. The van der Waals surface area contributed by atoms with E-state index in [1.165, 1.54) is 23.9 Å². The minimum absolute atomic E-state index is 0.0853. The second-order valence-corrected chi connectivity index (χ2v) is 12.3. The molecule has 0 unspecified atom stereocenters. The van der Waals surface area contributed by atoms with Crippen molar-refractivity contribution in [3.8, 4) is 11.1 Å². The number of benzene rings is 2. The third kappa shape index (κ3) is 5.56. The molecule has 2 fully saturated rings. The molecule has 0 amide bonds. The van der Waals surface area contributed by atoms with E-state index >= 15 is 4.39 Å². The second-order valence-electron chi connectivity index (χ2n) is 10.9. The summed E-state index contributed by atoms with van der Waals surface area (Å²) in [6.07, 6.45) is -2.37. The van der Waals surface area contributed by atoms with E-state index in [0.717, 1.165) is 19.2 Å². The van der Waals surface area contributed by atoms with E-state index in [-0.39, 0.29) is 24.2 Å². The summed E-state index contributed by atoms with van der Waals surface area (Å²) in [6.45, 7) is 6.83. The minimum atomic E-state index is -2.37. The van der Waals surface area contributed by atoms with E-state index < -0.39 is 23.7 Å². The molecule has 41 heavy (non-hydrogen) atoms. The van der Waals surface area contributed by atoms with Crippen LogP contribution in [-0.2, 0) is 0 Å². The Hall–Kier alpha value is -2.38. The highest BCUT2D eigenvalue weighted by Crippen LogP contribution is 2.48. The Kier molecular flexibility index (Phi) is 8.21. The molecule has 0 saturated carbocycles. The molecule has 7 nitrogen and oxygen atoms in total. The van der Waals surface area contributed by atoms with Crippen molar-refractivity contribution < 1.29 is 17.6 Å². The molecule has 3 aliphatic rings. The Morgan fingerprint density at radius 3 is 2.59 bits per heavy atom. The Balaban J connectivity index is 1.46. The van der Waals surface area contributed by atoms with Crippen molar-refractivity contribution in [1.82, 2.24) is 24.7 Å². The fraction of sp³-hybridized carbons (Fsp3) is 0.500. The minimum Gasteiger partial charge on any atom is -0.351 e. The first kappa shape index (κ1) is 28.7. The van der Waals surface area contributed by atoms with Gasteiger partial charge in [0, 0.05) is 91.6 Å². The Labute approximate surface area is 244 Å². The van der Waals surface area contributed by atoms with E-state index in [0.29, 0.717) is 77.2 Å². The Bertz CT molecular complexity index is 1520. The summed E-state index contributed by atoms with van der Waals surface area (Å²) < 4.78 is 56.3. The van der Waals surface area contributed by atoms with Crippen LogP contribution in [0.4, 0.5) is 23.4 Å². The van der Waals surface area contributed by atoms with Gasteiger partial charge in [0.1, 0.15) is 17.5 Å². The number of thioether (sulfide) groups is 1. The average molecular weight is 611 g/mol. The molecule has 6 rings (SSSR count). The molecule has 2 atom stereocenters. The van der Waals surface area contributed by atoms with Crippen LogP contribution in [0.15, 0.2) is 34.0 Å². The van der Waals surface area contributed by atoms with Gasteiger partial charge in [-0.15, -0.1) is 11.8 Å². The van der Waals surface area contributed by atoms with Crippen LogP contribution in [0.3, 0.4) is 0 Å². The number of hydrogen-bond acceptors (Lipinski definition) is 7. The van der Waals surface area contributed by atoms with Crippen LogP contribution >= 0.6 is 23.4 Å². The molecule has 13 heteroatoms. The van der Waals surface area contributed by atoms with Crippen LogP contribution < -0.4 is 15.9 Å². The summed E-state index contributed by atoms with van der Waals surface area (Å²) in [5.41, 5.74) is 0.849. The maximum atomic E-state index is 15.1. The normalized spacial score (nSPS) is 22.2. The van der Waals surface area contributed by atoms with Gasteiger partial charge in [0.2, 0.25) is 0 Å². The molecule has 0 aliphatic carbocycles. The predicted molar refractivity (Wildman–Crippen MR) is 155 cm³/mol. The molecular formula is C28H31ClF4N6OS. The van der Waals surface area contributed by atoms with Crippen molar-refractivity contribution in [1.29, 1.82) is 0 Å². The van der Waals surface area contributed by atoms with Crippen molar-refractivity contribution in [2.24, 2.45) is 0 Å². The van der Waals surface area contributed by atoms with Gasteiger partial charge >= 0.3 is 5.69 Å². The standard InChI is InChI=1S/C28H31ClF4N6OS/c1-16-12-34-4-5-38(16)27-20-11-21(29)24(19-3-2-17(30)10-22(19)31)26-25(20)39(28(40)35-27)18(15-41-26)13-36-6-8-37(9-7-36)14-23(32)33/h2-3,10-11,16,18,23,34H,4-9,12-15H2,1H3/t16-,18-/m0/s1. The number of nitrogens with zero attached hydrogens (tertiary/aromatic N) is 5. The van der Waals surface area contributed by atoms with Crippen molar-refractivity contribution in [2.45, 2.75) is 30.3 Å². The second kappa shape index (κ2) is 11.7. The van der Waals surface area contributed by atoms with Crippen molar-refractivity contribution >= 4 is 40.1 Å². The average Bonchev–Trinajstić information content (AvgIpc) is 2.93. The quantitative estimate of drug-likeness (QED) is 0.417. The molecule has 0 radical (unpaired) electrons. The number of rotatable bonds is 6. The van der Waals surface area contributed by atoms with Crippen LogP contribution in [0, 0.1) is 11.6 Å². The molecule has 3 aliphatic heterocycles. The zero-order valence-corrected chi connectivity index (χ0v) is 24.1. The zero-order valence-electron chi connectivity index (χ0n) is 22.6. The van der Waals surface area contributed by atoms with Gasteiger partial charge in [0.05, 0.1) is 23.1 Å². The molecule has 1 aromatic heterocycles. The largest absolute Gasteiger partial charge is 0.351 e. The van der Waals surface area contributed by atoms with Crippen molar-refractivity contribution in [2.75, 3.05) is 69.6 Å². The smallest absolute Gasteiger partial charge is 0.350 e. The summed E-state index contributed by atoms with van der Waals surface area (Å²) in [5, 5.41) is 4.37. The number of halogens is 5. The van der Waals surface area contributed by atoms with Gasteiger partial charge in [-0.3, -0.25) is 14.4 Å². The lowest BCUT2D eigenvalue weighted by molar-refractivity contribution is 0.0533. The first-order valence-corrected chi connectivity index (χ1v) is 15.1. The highest BCUT2D eigenvalue weighted by Gasteiger charge is 2.33. The first-order valence-electron chi connectivity index (χ1n) is 13.8. The maximum Gasteiger partial charge on any atom is 0.350 e. The van der Waals surface area contributed by atoms with Gasteiger partial charge < -0.3 is 10.2 Å². The van der Waals surface area contributed by atoms with Crippen LogP contribution in [0.25, 0.3) is 22.0 Å². The van der Waals surface area contributed by atoms with Crippen LogP contribution in [0.1, 0.15) is 13.0 Å². The highest BCUT2D eigenvalue weighted by atomic mass is 35.5.